The molecule has 0 radical (unpaired) electrons. The Morgan fingerprint density at radius 3 is 1.44 bits per heavy atom. The Bertz CT molecular complexity index is 710. The Kier molecular flexibility index (Phi) is 2.41. The van der Waals surface area contributed by atoms with Crippen molar-refractivity contribution >= 4 is 21.5 Å². The summed E-state index contributed by atoms with van der Waals surface area (Å²) in [6, 6.07) is 15.8. The van der Waals surface area contributed by atoms with Crippen molar-refractivity contribution in [3.05, 3.63) is 66.1 Å². The molecule has 0 nitrogen and oxygen atoms in total. The van der Waals surface area contributed by atoms with Crippen LogP contribution in [0, 0.1) is 24.7 Å². The van der Waals surface area contributed by atoms with Gasteiger partial charge in [-0.2, -0.15) is 0 Å². The number of rotatable bonds is 0. The van der Waals surface area contributed by atoms with Crippen LogP contribution >= 0.6 is 0 Å². The van der Waals surface area contributed by atoms with Crippen LogP contribution < -0.4 is 0 Å². The van der Waals surface area contributed by atoms with E-state index in [0.29, 0.717) is 0 Å². The molecule has 0 aromatic heterocycles. The summed E-state index contributed by atoms with van der Waals surface area (Å²) < 4.78 is 0. The Balaban J connectivity index is 2.73. The van der Waals surface area contributed by atoms with Crippen LogP contribution in [0.25, 0.3) is 21.5 Å². The number of fused-ring (bicyclic) bond motifs is 2. The van der Waals surface area contributed by atoms with Gasteiger partial charge in [-0.05, 0) is 0 Å². The molecule has 0 aliphatic heterocycles. The van der Waals surface area contributed by atoms with Gasteiger partial charge in [0.15, 0.2) is 0 Å². The second kappa shape index (κ2) is 4.08. The van der Waals surface area contributed by atoms with Gasteiger partial charge in [-0.25, -0.2) is 0 Å². The molecule has 0 spiro atoms. The fraction of sp³-hybridized carbons (Fsp3) is 0. The minimum atomic E-state index is 0.806. The maximum atomic E-state index is 7.53. The Morgan fingerprint density at radius 2 is 1.11 bits per heavy atom. The third kappa shape index (κ3) is 1.36. The zero-order valence-corrected chi connectivity index (χ0v) is 9.70. The van der Waals surface area contributed by atoms with Gasteiger partial charge in [0, 0.05) is 0 Å². The molecule has 0 fully saturated rings. The zero-order valence-electron chi connectivity index (χ0n) is 9.70. The van der Waals surface area contributed by atoms with Crippen molar-refractivity contribution in [1.82, 2.24) is 0 Å². The molecule has 0 atom stereocenters. The van der Waals surface area contributed by atoms with Crippen molar-refractivity contribution in [1.29, 1.82) is 0 Å². The molecule has 0 unspecified atom stereocenters. The number of terminal acetylenes is 1. The predicted octanol–water partition coefficient (Wildman–Crippen LogP) is 3.91. The summed E-state index contributed by atoms with van der Waals surface area (Å²) in [5.41, 5.74) is 1.69. The van der Waals surface area contributed by atoms with Gasteiger partial charge in [0.05, 0.1) is 0 Å². The summed E-state index contributed by atoms with van der Waals surface area (Å²) in [6.07, 6.45) is 13.2. The van der Waals surface area contributed by atoms with Crippen LogP contribution in [0.5, 0.6) is 0 Å². The van der Waals surface area contributed by atoms with Crippen LogP contribution in [-0.2, 0) is 0 Å². The SMILES string of the molecule is [C+]#Cc1c2ccccc2c(C#C)c2ccccc12. The predicted molar refractivity (Wildman–Crippen MR) is 75.6 cm³/mol. The van der Waals surface area contributed by atoms with E-state index in [-0.39, 0.29) is 0 Å². The minimum absolute atomic E-state index is 0.806. The Labute approximate surface area is 106 Å². The van der Waals surface area contributed by atoms with Crippen molar-refractivity contribution < 1.29 is 0 Å². The molecule has 0 aliphatic carbocycles. The van der Waals surface area contributed by atoms with E-state index in [1.165, 1.54) is 0 Å². The number of hydrogen-bond donors (Lipinski definition) is 0. The van der Waals surface area contributed by atoms with Crippen LogP contribution in [0.4, 0.5) is 0 Å². The molecule has 18 heavy (non-hydrogen) atoms. The molecule has 0 bridgehead atoms. The van der Waals surface area contributed by atoms with Crippen molar-refractivity contribution in [3.8, 4) is 18.3 Å². The Morgan fingerprint density at radius 1 is 0.722 bits per heavy atom. The molecular weight excluding hydrogens is 216 g/mol. The van der Waals surface area contributed by atoms with Crippen molar-refractivity contribution in [2.24, 2.45) is 0 Å². The van der Waals surface area contributed by atoms with Gasteiger partial charge < -0.3 is 0 Å². The van der Waals surface area contributed by atoms with E-state index >= 15 is 0 Å². The van der Waals surface area contributed by atoms with Gasteiger partial charge in [-0.3, -0.25) is 0 Å². The number of benzene rings is 3. The fourth-order valence-electron chi connectivity index (χ4n) is 2.42. The van der Waals surface area contributed by atoms with Crippen LogP contribution in [-0.4, -0.2) is 0 Å². The summed E-state index contributed by atoms with van der Waals surface area (Å²) in [4.78, 5) is 0. The average molecular weight is 225 g/mol. The second-order valence-corrected chi connectivity index (χ2v) is 4.11. The number of hydrogen-bond acceptors (Lipinski definition) is 0. The van der Waals surface area contributed by atoms with E-state index < -0.39 is 0 Å². The first-order valence-electron chi connectivity index (χ1n) is 5.69. The fourth-order valence-corrected chi connectivity index (χ4v) is 2.42. The van der Waals surface area contributed by atoms with Crippen LogP contribution in [0.15, 0.2) is 48.5 Å². The molecule has 3 aromatic rings. The van der Waals surface area contributed by atoms with Gasteiger partial charge in [0.2, 0.25) is 0 Å². The van der Waals surface area contributed by atoms with E-state index in [1.54, 1.807) is 0 Å². The molecular formula is C18H9+. The summed E-state index contributed by atoms with van der Waals surface area (Å²) >= 11 is 0. The third-order valence-electron chi connectivity index (χ3n) is 3.20. The van der Waals surface area contributed by atoms with Gasteiger partial charge in [-0.15, -0.1) is 0 Å². The zero-order chi connectivity index (χ0) is 12.5. The summed E-state index contributed by atoms with van der Waals surface area (Å²) in [7, 11) is 0. The first-order valence-corrected chi connectivity index (χ1v) is 5.69. The van der Waals surface area contributed by atoms with Crippen LogP contribution in [0.2, 0.25) is 0 Å². The maximum absolute atomic E-state index is 7.53. The van der Waals surface area contributed by atoms with Crippen LogP contribution in [0.1, 0.15) is 11.1 Å². The van der Waals surface area contributed by atoms with E-state index in [4.69, 9.17) is 12.8 Å². The molecule has 0 N–H and O–H groups in total. The third-order valence-corrected chi connectivity index (χ3v) is 3.20. The molecule has 0 amide bonds. The summed E-state index contributed by atoms with van der Waals surface area (Å²) in [5.74, 6) is 5.32. The monoisotopic (exact) mass is 225 g/mol. The average Bonchev–Trinajstić information content (AvgIpc) is 2.44. The van der Waals surface area contributed by atoms with E-state index in [1.807, 2.05) is 48.5 Å². The molecule has 0 saturated carbocycles. The van der Waals surface area contributed by atoms with Gasteiger partial charge in [0.25, 0.3) is 0 Å². The normalized spacial score (nSPS) is 10.3. The van der Waals surface area contributed by atoms with Gasteiger partial charge in [0.1, 0.15) is 0 Å². The molecule has 0 heteroatoms. The van der Waals surface area contributed by atoms with E-state index in [2.05, 4.69) is 11.8 Å². The standard InChI is InChI=1S/C18H9/c1-3-13-15-9-5-7-11-17(15)14(4-2)18-12-8-6-10-16(13)18/h1,5-12H/q+1. The topological polar surface area (TPSA) is 0 Å². The van der Waals surface area contributed by atoms with Gasteiger partial charge in [-0.1, -0.05) is 0 Å². The second-order valence-electron chi connectivity index (χ2n) is 4.11. The molecule has 3 rings (SSSR count). The first kappa shape index (κ1) is 10.7. The quantitative estimate of drug-likeness (QED) is 0.309. The Hall–Kier alpha value is -2.48. The van der Waals surface area contributed by atoms with Crippen molar-refractivity contribution in [2.45, 2.75) is 0 Å². The molecule has 80 valence electrons. The molecule has 0 heterocycles. The summed E-state index contributed by atoms with van der Waals surface area (Å²) in [6.45, 7) is 0. The van der Waals surface area contributed by atoms with Crippen molar-refractivity contribution in [3.63, 3.8) is 0 Å². The summed E-state index contributed by atoms with van der Waals surface area (Å²) in [5, 5.41) is 3.99. The molecule has 0 saturated heterocycles. The molecule has 3 aromatic carbocycles. The van der Waals surface area contributed by atoms with E-state index in [0.717, 1.165) is 32.7 Å². The van der Waals surface area contributed by atoms with Gasteiger partial charge >= 0.3 is 106 Å². The van der Waals surface area contributed by atoms with E-state index in [9.17, 15) is 0 Å². The van der Waals surface area contributed by atoms with Crippen molar-refractivity contribution in [2.75, 3.05) is 0 Å². The first-order chi connectivity index (χ1) is 8.86. The molecule has 0 aliphatic rings. The van der Waals surface area contributed by atoms with Crippen LogP contribution in [0.3, 0.4) is 0 Å².